The van der Waals surface area contributed by atoms with E-state index in [-0.39, 0.29) is 166 Å². The van der Waals surface area contributed by atoms with Crippen molar-refractivity contribution < 1.29 is 122 Å². The van der Waals surface area contributed by atoms with Crippen LogP contribution < -0.4 is 0 Å². The number of aliphatic carboxylic acids is 5. The van der Waals surface area contributed by atoms with E-state index in [1.54, 1.807) is 20.8 Å². The third-order valence-electron chi connectivity index (χ3n) is 25.9. The molecule has 0 aromatic carbocycles. The number of aliphatic hydroxyl groups is 3. The largest absolute Gasteiger partial charge is 0.481 e. The van der Waals surface area contributed by atoms with E-state index in [0.29, 0.717) is 45.1 Å². The third kappa shape index (κ3) is 20.0. The van der Waals surface area contributed by atoms with Crippen molar-refractivity contribution in [2.24, 2.45) is 104 Å². The van der Waals surface area contributed by atoms with Gasteiger partial charge in [0, 0.05) is 56.3 Å². The zero-order valence-corrected chi connectivity index (χ0v) is 60.7. The number of ether oxygens (including phenoxy) is 6. The Labute approximate surface area is 583 Å². The Kier molecular flexibility index (Phi) is 30.2. The van der Waals surface area contributed by atoms with Gasteiger partial charge in [0.2, 0.25) is 0 Å². The molecule has 0 amide bonds. The zero-order chi connectivity index (χ0) is 74.4. The first-order chi connectivity index (χ1) is 46.2. The topological polar surface area (TPSA) is 405 Å². The van der Waals surface area contributed by atoms with Crippen LogP contribution in [0.25, 0.3) is 0 Å². The molecule has 0 radical (unpaired) electrons. The van der Waals surface area contributed by atoms with Crippen molar-refractivity contribution in [3.05, 3.63) is 0 Å². The first kappa shape index (κ1) is 83.7. The minimum absolute atomic E-state index is 0.00116. The molecule has 0 aromatic heterocycles. The van der Waals surface area contributed by atoms with E-state index in [2.05, 4.69) is 41.5 Å². The summed E-state index contributed by atoms with van der Waals surface area (Å²) in [6, 6.07) is 0. The van der Waals surface area contributed by atoms with Crippen molar-refractivity contribution >= 4 is 67.2 Å². The Hall–Kier alpha value is -5.95. The average molecular weight is 1410 g/mol. The number of carbonyl (C=O) groups is 11. The van der Waals surface area contributed by atoms with Gasteiger partial charge < -0.3 is 69.3 Å². The third-order valence-corrected chi connectivity index (χ3v) is 25.9. The summed E-state index contributed by atoms with van der Waals surface area (Å²) in [6.07, 6.45) is 13.3. The molecular weight excluding hydrogens is 1290 g/mol. The molecule has 0 aliphatic heterocycles. The van der Waals surface area contributed by atoms with Gasteiger partial charge in [0.05, 0.1) is 0 Å². The minimum Gasteiger partial charge on any atom is -0.481 e. The molecule has 0 bridgehead atoms. The fourth-order valence-corrected chi connectivity index (χ4v) is 21.0. The lowest BCUT2D eigenvalue weighted by atomic mass is 9.43. The Morgan fingerprint density at radius 3 is 1.30 bits per heavy atom. The van der Waals surface area contributed by atoms with Crippen molar-refractivity contribution in [3.8, 4) is 0 Å². The normalized spacial score (nSPS) is 37.1. The molecule has 25 nitrogen and oxygen atoms in total. The van der Waals surface area contributed by atoms with Gasteiger partial charge >= 0.3 is 47.8 Å². The van der Waals surface area contributed by atoms with E-state index < -0.39 is 53.6 Å². The number of carbonyl (C=O) groups excluding carboxylic acids is 6. The standard InChI is InChI=1S/C30H46O8.C27H40O8.C8H14O3.C6H12O3.C3H6O3/c1-16(7-10-27(34)35)22-8-9-23-28-24(15-26(30(22,23)6)38-19(4)33)29(5)12-11-21(36-17(2)31)13-20(29)14-25(28)37-18(3)32;1-16(4-7-24(31)32)19-5-6-20-25-21(12-23(35-15-30)27(19,20)3)26(2)9-8-18(33-13-28)10-17(26)11-22(25)34-14-29;9-7(8(10)11)6-4-2-1-3-5-6;1-6(2,3)4(7)5(8)9;1-2(4)3(5)6/h16,20-26,28H,7-15H2,1-6H3,(H,34,35);13-23,25H,4-12H2,1-3H3,(H,31,32);6-7,9H,1-5H2,(H,10,11);4,7H,1-3H3,(H,8,9);2,4H,1H3,(H,5,6)/t16-,20+,21-,22?,23+,24+,25-,26+,28+,29+,30-;16-,17+,18-,19?,20+,21+,22-,23+,25+,26+,27-;;;/m11.../s1. The maximum Gasteiger partial charge on any atom is 0.333 e. The second kappa shape index (κ2) is 35.8. The van der Waals surface area contributed by atoms with Crippen molar-refractivity contribution in [2.45, 2.75) is 293 Å². The van der Waals surface area contributed by atoms with E-state index in [1.807, 2.05) is 0 Å². The van der Waals surface area contributed by atoms with Crippen LogP contribution in [0, 0.1) is 104 Å². The molecular formula is C74H118O25. The predicted molar refractivity (Wildman–Crippen MR) is 356 cm³/mol. The summed E-state index contributed by atoms with van der Waals surface area (Å²) in [5.41, 5.74) is -1.24. The van der Waals surface area contributed by atoms with Crippen molar-refractivity contribution in [2.75, 3.05) is 0 Å². The second-order valence-corrected chi connectivity index (χ2v) is 32.5. The molecule has 9 fully saturated rings. The van der Waals surface area contributed by atoms with E-state index >= 15 is 0 Å². The van der Waals surface area contributed by atoms with E-state index in [4.69, 9.17) is 59.1 Å². The average Bonchev–Trinajstić information content (AvgIpc) is 1.68. The lowest BCUT2D eigenvalue weighted by Gasteiger charge is -2.64. The van der Waals surface area contributed by atoms with Crippen LogP contribution >= 0.6 is 0 Å². The molecule has 5 unspecified atom stereocenters. The zero-order valence-electron chi connectivity index (χ0n) is 60.7. The van der Waals surface area contributed by atoms with Gasteiger partial charge in [-0.25, -0.2) is 14.4 Å². The van der Waals surface area contributed by atoms with Crippen LogP contribution in [0.5, 0.6) is 0 Å². The maximum atomic E-state index is 12.4. The summed E-state index contributed by atoms with van der Waals surface area (Å²) < 4.78 is 34.8. The summed E-state index contributed by atoms with van der Waals surface area (Å²) in [4.78, 5) is 123. The Balaban J connectivity index is 0.000000263. The Morgan fingerprint density at radius 1 is 0.475 bits per heavy atom. The van der Waals surface area contributed by atoms with Gasteiger partial charge in [-0.05, 0) is 204 Å². The highest BCUT2D eigenvalue weighted by molar-refractivity contribution is 5.73. The highest BCUT2D eigenvalue weighted by Gasteiger charge is 2.70. The number of fused-ring (bicyclic) bond motifs is 10. The molecule has 9 rings (SSSR count). The SMILES string of the molecule is CC(=O)O[C@@H]1CC[C@@]2(C)[C@@H](C1)C[C@@H](OC(C)=O)[C@@H]1[C@@H]2C[C@H](OC(C)=O)[C@]2(C)C([C@H](C)CCC(=O)O)CC[C@@H]12.CC(C)(C)C(O)C(=O)O.CC(O)C(=O)O.C[C@H](CCC(=O)O)C1CC[C@H]2[C@@H]3[C@H](OC=O)C[C@@H]4C[C@H](OC=O)CC[C@]4(C)[C@H]3C[C@H](OC=O)[C@]12C.O=C(O)C(O)C1CCCCC1. The summed E-state index contributed by atoms with van der Waals surface area (Å²) in [7, 11) is 0. The number of hydrogen-bond donors (Lipinski definition) is 8. The Bertz CT molecular complexity index is 2760. The van der Waals surface area contributed by atoms with Gasteiger partial charge in [-0.3, -0.25) is 38.4 Å². The number of hydrogen-bond acceptors (Lipinski definition) is 20. The van der Waals surface area contributed by atoms with Gasteiger partial charge in [0.15, 0.2) is 12.2 Å². The van der Waals surface area contributed by atoms with E-state index in [1.165, 1.54) is 34.1 Å². The second-order valence-electron chi connectivity index (χ2n) is 32.5. The maximum absolute atomic E-state index is 12.4. The minimum atomic E-state index is -1.27. The highest BCUT2D eigenvalue weighted by atomic mass is 16.6. The molecule has 25 atom stereocenters. The van der Waals surface area contributed by atoms with E-state index in [9.17, 15) is 63.0 Å². The quantitative estimate of drug-likeness (QED) is 0.0301. The van der Waals surface area contributed by atoms with Gasteiger partial charge in [-0.2, -0.15) is 0 Å². The van der Waals surface area contributed by atoms with Gasteiger partial charge in [-0.1, -0.05) is 81.6 Å². The molecule has 0 aromatic rings. The number of esters is 3. The van der Waals surface area contributed by atoms with Gasteiger partial charge in [0.25, 0.3) is 19.4 Å². The molecule has 0 spiro atoms. The molecule has 9 saturated carbocycles. The van der Waals surface area contributed by atoms with Crippen LogP contribution in [0.15, 0.2) is 0 Å². The van der Waals surface area contributed by atoms with Crippen LogP contribution in [-0.2, 0) is 81.2 Å². The molecule has 9 aliphatic carbocycles. The van der Waals surface area contributed by atoms with Crippen LogP contribution in [0.2, 0.25) is 0 Å². The molecule has 8 N–H and O–H groups in total. The molecule has 564 valence electrons. The first-order valence-corrected chi connectivity index (χ1v) is 36.1. The van der Waals surface area contributed by atoms with Gasteiger partial charge in [0.1, 0.15) is 42.7 Å². The molecule has 25 heteroatoms. The lowest BCUT2D eigenvalue weighted by molar-refractivity contribution is -0.224. The summed E-state index contributed by atoms with van der Waals surface area (Å²) in [6.45, 7) is 25.7. The van der Waals surface area contributed by atoms with Gasteiger partial charge in [-0.15, -0.1) is 0 Å². The first-order valence-electron chi connectivity index (χ1n) is 36.1. The van der Waals surface area contributed by atoms with E-state index in [0.717, 1.165) is 103 Å². The van der Waals surface area contributed by atoms with Crippen molar-refractivity contribution in [1.29, 1.82) is 0 Å². The smallest absolute Gasteiger partial charge is 0.333 e. The van der Waals surface area contributed by atoms with Crippen LogP contribution in [-0.4, -0.2) is 163 Å². The fourth-order valence-electron chi connectivity index (χ4n) is 21.0. The monoisotopic (exact) mass is 1410 g/mol. The van der Waals surface area contributed by atoms with Crippen LogP contribution in [0.1, 0.15) is 238 Å². The number of carboxylic acid groups (broad SMARTS) is 5. The van der Waals surface area contributed by atoms with Crippen LogP contribution in [0.3, 0.4) is 0 Å². The van der Waals surface area contributed by atoms with Crippen molar-refractivity contribution in [1.82, 2.24) is 0 Å². The predicted octanol–water partition coefficient (Wildman–Crippen LogP) is 10.1. The van der Waals surface area contributed by atoms with Crippen LogP contribution in [0.4, 0.5) is 0 Å². The summed E-state index contributed by atoms with van der Waals surface area (Å²) in [5, 5.41) is 69.1. The molecule has 9 aliphatic rings. The lowest BCUT2D eigenvalue weighted by Crippen LogP contribution is -2.63. The number of carboxylic acids is 5. The van der Waals surface area contributed by atoms with Crippen molar-refractivity contribution in [3.63, 3.8) is 0 Å². The molecule has 0 saturated heterocycles. The summed E-state index contributed by atoms with van der Waals surface area (Å²) >= 11 is 0. The highest BCUT2D eigenvalue weighted by Crippen LogP contribution is 2.71. The fraction of sp³-hybridized carbons (Fsp3) is 0.851. The Morgan fingerprint density at radius 2 is 0.899 bits per heavy atom. The number of rotatable bonds is 21. The molecule has 0 heterocycles. The molecule has 99 heavy (non-hydrogen) atoms. The summed E-state index contributed by atoms with van der Waals surface area (Å²) in [5.74, 6) is -3.36. The number of aliphatic hydroxyl groups excluding tert-OH is 3.